The molecule has 1 unspecified atom stereocenters. The molecule has 1 amide bonds. The molecule has 1 N–H and O–H groups in total. The lowest BCUT2D eigenvalue weighted by Gasteiger charge is -2.34. The van der Waals surface area contributed by atoms with Crippen LogP contribution in [0.25, 0.3) is 0 Å². The Hall–Kier alpha value is -2.26. The van der Waals surface area contributed by atoms with E-state index in [1.165, 1.54) is 4.88 Å². The molecule has 152 valence electrons. The first-order valence-electron chi connectivity index (χ1n) is 9.53. The van der Waals surface area contributed by atoms with Crippen molar-refractivity contribution in [3.63, 3.8) is 0 Å². The molecule has 29 heavy (non-hydrogen) atoms. The van der Waals surface area contributed by atoms with E-state index in [0.29, 0.717) is 18.7 Å². The lowest BCUT2D eigenvalue weighted by atomic mass is 10.1. The maximum atomic E-state index is 12.7. The lowest BCUT2D eigenvalue weighted by molar-refractivity contribution is 0.0169. The topological polar surface area (TPSA) is 63.7 Å². The molecule has 1 saturated heterocycles. The molecular weight excluding hydrogens is 406 g/mol. The molecule has 3 heterocycles. The maximum absolute atomic E-state index is 12.7. The first-order valence-corrected chi connectivity index (χ1v) is 11.3. The van der Waals surface area contributed by atoms with E-state index in [1.54, 1.807) is 40.3 Å². The number of hydrogen-bond donors (Lipinski definition) is 1. The van der Waals surface area contributed by atoms with Crippen LogP contribution in [0.4, 0.5) is 0 Å². The van der Waals surface area contributed by atoms with Crippen LogP contribution in [-0.2, 0) is 11.3 Å². The summed E-state index contributed by atoms with van der Waals surface area (Å²) in [6.07, 6.45) is 0. The van der Waals surface area contributed by atoms with Gasteiger partial charge in [0.05, 0.1) is 30.5 Å². The maximum Gasteiger partial charge on any atom is 0.251 e. The van der Waals surface area contributed by atoms with Crippen LogP contribution in [0.3, 0.4) is 0 Å². The number of rotatable bonds is 8. The van der Waals surface area contributed by atoms with Crippen LogP contribution >= 0.6 is 22.7 Å². The van der Waals surface area contributed by atoms with Crippen molar-refractivity contribution in [3.05, 3.63) is 68.8 Å². The Balaban J connectivity index is 1.33. The molecule has 2 aromatic heterocycles. The Bertz CT molecular complexity index is 877. The predicted molar refractivity (Wildman–Crippen MR) is 115 cm³/mol. The number of ether oxygens (including phenoxy) is 2. The van der Waals surface area contributed by atoms with Crippen molar-refractivity contribution < 1.29 is 14.3 Å². The van der Waals surface area contributed by atoms with Gasteiger partial charge in [-0.15, -0.1) is 22.7 Å². The second-order valence-electron chi connectivity index (χ2n) is 6.68. The molecule has 1 aliphatic rings. The van der Waals surface area contributed by atoms with E-state index < -0.39 is 0 Å². The highest BCUT2D eigenvalue weighted by Crippen LogP contribution is 2.25. The number of hydrogen-bond acceptors (Lipinski definition) is 7. The van der Waals surface area contributed by atoms with Crippen molar-refractivity contribution in [2.24, 2.45) is 0 Å². The van der Waals surface area contributed by atoms with Gasteiger partial charge in [-0.05, 0) is 35.7 Å². The zero-order valence-electron chi connectivity index (χ0n) is 16.0. The molecule has 1 aromatic carbocycles. The number of nitrogens with one attached hydrogen (secondary N) is 1. The summed E-state index contributed by atoms with van der Waals surface area (Å²) in [6.45, 7) is 4.22. The second-order valence-corrected chi connectivity index (χ2v) is 8.38. The Morgan fingerprint density at radius 1 is 1.24 bits per heavy atom. The monoisotopic (exact) mass is 429 g/mol. The van der Waals surface area contributed by atoms with E-state index in [0.717, 1.165) is 37.7 Å². The van der Waals surface area contributed by atoms with Crippen LogP contribution in [0.2, 0.25) is 0 Å². The van der Waals surface area contributed by atoms with Crippen molar-refractivity contribution >= 4 is 28.6 Å². The molecule has 1 fully saturated rings. The van der Waals surface area contributed by atoms with Gasteiger partial charge in [-0.3, -0.25) is 9.69 Å². The fourth-order valence-corrected chi connectivity index (χ4v) is 4.64. The normalized spacial score (nSPS) is 15.7. The van der Waals surface area contributed by atoms with E-state index in [-0.39, 0.29) is 11.9 Å². The molecule has 4 rings (SSSR count). The smallest absolute Gasteiger partial charge is 0.251 e. The van der Waals surface area contributed by atoms with Gasteiger partial charge in [0.15, 0.2) is 0 Å². The van der Waals surface area contributed by atoms with Gasteiger partial charge in [-0.2, -0.15) is 0 Å². The molecule has 1 aliphatic heterocycles. The first kappa shape index (κ1) is 20.0. The second kappa shape index (κ2) is 9.98. The molecule has 8 heteroatoms. The molecule has 6 nitrogen and oxygen atoms in total. The molecule has 3 aromatic rings. The SMILES string of the molecule is O=C(NCC(c1cccs1)N1CCOCC1)c1ccc(OCc2cscn2)cc1. The minimum absolute atomic E-state index is 0.0779. The highest BCUT2D eigenvalue weighted by molar-refractivity contribution is 7.10. The highest BCUT2D eigenvalue weighted by Gasteiger charge is 2.24. The number of aromatic nitrogens is 1. The molecule has 0 saturated carbocycles. The van der Waals surface area contributed by atoms with E-state index in [4.69, 9.17) is 9.47 Å². The fourth-order valence-electron chi connectivity index (χ4n) is 3.24. The molecule has 0 bridgehead atoms. The molecular formula is C21H23N3O3S2. The molecule has 0 radical (unpaired) electrons. The van der Waals surface area contributed by atoms with Crippen LogP contribution in [0.5, 0.6) is 5.75 Å². The van der Waals surface area contributed by atoms with Gasteiger partial charge in [0, 0.05) is 35.5 Å². The summed E-state index contributed by atoms with van der Waals surface area (Å²) < 4.78 is 11.2. The lowest BCUT2D eigenvalue weighted by Crippen LogP contribution is -2.43. The van der Waals surface area contributed by atoms with Crippen LogP contribution in [-0.4, -0.2) is 48.6 Å². The zero-order valence-corrected chi connectivity index (χ0v) is 17.6. The minimum atomic E-state index is -0.0779. The minimum Gasteiger partial charge on any atom is -0.487 e. The van der Waals surface area contributed by atoms with Crippen LogP contribution in [0.15, 0.2) is 52.7 Å². The number of carbonyl (C=O) groups is 1. The summed E-state index contributed by atoms with van der Waals surface area (Å²) in [5.41, 5.74) is 3.31. The van der Waals surface area contributed by atoms with Crippen LogP contribution in [0, 0.1) is 0 Å². The van der Waals surface area contributed by atoms with E-state index in [9.17, 15) is 4.79 Å². The van der Waals surface area contributed by atoms with Gasteiger partial charge >= 0.3 is 0 Å². The largest absolute Gasteiger partial charge is 0.487 e. The zero-order chi connectivity index (χ0) is 19.9. The van der Waals surface area contributed by atoms with Gasteiger partial charge in [0.1, 0.15) is 12.4 Å². The van der Waals surface area contributed by atoms with Crippen LogP contribution < -0.4 is 10.1 Å². The van der Waals surface area contributed by atoms with E-state index >= 15 is 0 Å². The number of thiazole rings is 1. The van der Waals surface area contributed by atoms with Gasteiger partial charge in [0.2, 0.25) is 0 Å². The van der Waals surface area contributed by atoms with Gasteiger partial charge < -0.3 is 14.8 Å². The Morgan fingerprint density at radius 3 is 2.76 bits per heavy atom. The van der Waals surface area contributed by atoms with Crippen molar-refractivity contribution in [3.8, 4) is 5.75 Å². The number of thiophene rings is 1. The summed E-state index contributed by atoms with van der Waals surface area (Å²) in [5, 5.41) is 7.13. The number of amides is 1. The molecule has 0 spiro atoms. The first-order chi connectivity index (χ1) is 14.3. The summed E-state index contributed by atoms with van der Waals surface area (Å²) >= 11 is 3.27. The summed E-state index contributed by atoms with van der Waals surface area (Å²) in [4.78, 5) is 20.5. The fraction of sp³-hybridized carbons (Fsp3) is 0.333. The van der Waals surface area contributed by atoms with Crippen molar-refractivity contribution in [1.82, 2.24) is 15.2 Å². The highest BCUT2D eigenvalue weighted by atomic mass is 32.1. The number of nitrogens with zero attached hydrogens (tertiary/aromatic N) is 2. The van der Waals surface area contributed by atoms with Gasteiger partial charge in [0.25, 0.3) is 5.91 Å². The van der Waals surface area contributed by atoms with Crippen molar-refractivity contribution in [1.29, 1.82) is 0 Å². The van der Waals surface area contributed by atoms with Crippen LogP contribution in [0.1, 0.15) is 27.0 Å². The Kier molecular flexibility index (Phi) is 6.89. The van der Waals surface area contributed by atoms with Crippen molar-refractivity contribution in [2.75, 3.05) is 32.8 Å². The average molecular weight is 430 g/mol. The molecule has 0 aliphatic carbocycles. The third kappa shape index (κ3) is 5.42. The summed E-state index contributed by atoms with van der Waals surface area (Å²) in [7, 11) is 0. The van der Waals surface area contributed by atoms with E-state index in [2.05, 4.69) is 32.7 Å². The summed E-state index contributed by atoms with van der Waals surface area (Å²) in [6, 6.07) is 11.6. The number of carbonyl (C=O) groups excluding carboxylic acids is 1. The quantitative estimate of drug-likeness (QED) is 0.593. The third-order valence-corrected chi connectivity index (χ3v) is 6.41. The third-order valence-electron chi connectivity index (χ3n) is 4.80. The Morgan fingerprint density at radius 2 is 2.07 bits per heavy atom. The number of benzene rings is 1. The van der Waals surface area contributed by atoms with Gasteiger partial charge in [-0.1, -0.05) is 6.07 Å². The Labute approximate surface area is 178 Å². The molecule has 1 atom stereocenters. The van der Waals surface area contributed by atoms with Crippen molar-refractivity contribution in [2.45, 2.75) is 12.6 Å². The average Bonchev–Trinajstić information content (AvgIpc) is 3.48. The number of morpholine rings is 1. The van der Waals surface area contributed by atoms with E-state index in [1.807, 2.05) is 17.5 Å². The standard InChI is InChI=1S/C21H23N3O3S2/c25-21(16-3-5-18(6-4-16)27-13-17-14-28-15-23-17)22-12-19(20-2-1-11-29-20)24-7-9-26-10-8-24/h1-6,11,14-15,19H,7-10,12-13H2,(H,22,25). The summed E-state index contributed by atoms with van der Waals surface area (Å²) in [5.74, 6) is 0.644. The predicted octanol–water partition coefficient (Wildman–Crippen LogP) is 3.59. The van der Waals surface area contributed by atoms with Gasteiger partial charge in [-0.25, -0.2) is 4.98 Å².